The van der Waals surface area contributed by atoms with Gasteiger partial charge in [0.25, 0.3) is 11.5 Å². The molecule has 0 fully saturated rings. The number of fused-ring (bicyclic) bond motifs is 1. The fourth-order valence-electron chi connectivity index (χ4n) is 2.86. The molecule has 0 spiro atoms. The molecule has 142 valence electrons. The molecule has 2 N–H and O–H groups in total. The van der Waals surface area contributed by atoms with Gasteiger partial charge in [-0.05, 0) is 25.3 Å². The number of aryl methyl sites for hydroxylation is 2. The molecule has 0 atom stereocenters. The summed E-state index contributed by atoms with van der Waals surface area (Å²) < 4.78 is 6.43. The summed E-state index contributed by atoms with van der Waals surface area (Å²) in [6.07, 6.45) is 0.787. The lowest BCUT2D eigenvalue weighted by atomic mass is 10.1. The van der Waals surface area contributed by atoms with Crippen molar-refractivity contribution >= 4 is 16.9 Å². The quantitative estimate of drug-likeness (QED) is 0.691. The van der Waals surface area contributed by atoms with E-state index in [1.54, 1.807) is 13.0 Å². The van der Waals surface area contributed by atoms with Crippen LogP contribution >= 0.6 is 0 Å². The Morgan fingerprint density at radius 3 is 2.78 bits per heavy atom. The van der Waals surface area contributed by atoms with E-state index in [0.29, 0.717) is 17.4 Å². The second kappa shape index (κ2) is 7.18. The molecule has 0 radical (unpaired) electrons. The van der Waals surface area contributed by atoms with Gasteiger partial charge >= 0.3 is 5.69 Å². The van der Waals surface area contributed by atoms with Gasteiger partial charge < -0.3 is 9.84 Å². The molecular formula is C18H21N5O4. The molecule has 3 aromatic heterocycles. The van der Waals surface area contributed by atoms with Crippen LogP contribution in [0.2, 0.25) is 0 Å². The topological polar surface area (TPSA) is 123 Å². The number of amides is 1. The summed E-state index contributed by atoms with van der Waals surface area (Å²) >= 11 is 0. The van der Waals surface area contributed by atoms with Gasteiger partial charge in [-0.1, -0.05) is 19.0 Å². The van der Waals surface area contributed by atoms with Gasteiger partial charge in [0.2, 0.25) is 0 Å². The number of carbonyl (C=O) groups excluding carboxylic acids is 1. The van der Waals surface area contributed by atoms with Gasteiger partial charge in [-0.2, -0.15) is 0 Å². The van der Waals surface area contributed by atoms with Gasteiger partial charge in [0.1, 0.15) is 5.65 Å². The van der Waals surface area contributed by atoms with E-state index in [4.69, 9.17) is 4.52 Å². The van der Waals surface area contributed by atoms with Crippen molar-refractivity contribution < 1.29 is 9.32 Å². The molecule has 3 rings (SSSR count). The molecule has 0 bridgehead atoms. The molecule has 0 saturated carbocycles. The van der Waals surface area contributed by atoms with Crippen LogP contribution in [0.25, 0.3) is 11.0 Å². The first-order valence-electron chi connectivity index (χ1n) is 8.59. The van der Waals surface area contributed by atoms with E-state index in [9.17, 15) is 14.4 Å². The van der Waals surface area contributed by atoms with Crippen molar-refractivity contribution in [2.75, 3.05) is 0 Å². The van der Waals surface area contributed by atoms with E-state index in [2.05, 4.69) is 34.3 Å². The Labute approximate surface area is 154 Å². The first-order chi connectivity index (χ1) is 12.8. The average molecular weight is 371 g/mol. The highest BCUT2D eigenvalue weighted by Crippen LogP contribution is 2.14. The molecule has 0 aliphatic heterocycles. The lowest BCUT2D eigenvalue weighted by molar-refractivity contribution is 0.0948. The Morgan fingerprint density at radius 2 is 2.07 bits per heavy atom. The molecule has 0 saturated heterocycles. The number of pyridine rings is 1. The van der Waals surface area contributed by atoms with Crippen LogP contribution in [-0.2, 0) is 20.0 Å². The molecule has 3 aromatic rings. The van der Waals surface area contributed by atoms with Crippen LogP contribution in [0, 0.1) is 12.8 Å². The van der Waals surface area contributed by atoms with Crippen molar-refractivity contribution in [3.63, 3.8) is 0 Å². The Morgan fingerprint density at radius 1 is 1.33 bits per heavy atom. The van der Waals surface area contributed by atoms with Gasteiger partial charge in [0, 0.05) is 18.8 Å². The fraction of sp³-hybridized carbons (Fsp3) is 0.389. The monoisotopic (exact) mass is 371 g/mol. The molecule has 3 heterocycles. The smallest absolute Gasteiger partial charge is 0.329 e. The van der Waals surface area contributed by atoms with E-state index in [1.165, 1.54) is 17.7 Å². The van der Waals surface area contributed by atoms with Crippen LogP contribution in [0.15, 0.2) is 26.2 Å². The van der Waals surface area contributed by atoms with Crippen LogP contribution in [0.1, 0.15) is 41.4 Å². The zero-order valence-electron chi connectivity index (χ0n) is 15.6. The molecule has 9 nitrogen and oxygen atoms in total. The summed E-state index contributed by atoms with van der Waals surface area (Å²) in [5.74, 6) is 0.508. The number of aromatic nitrogens is 4. The number of aromatic amines is 1. The Hall–Kier alpha value is -3.23. The number of carbonyl (C=O) groups is 1. The minimum absolute atomic E-state index is 0.0678. The van der Waals surface area contributed by atoms with Gasteiger partial charge in [-0.3, -0.25) is 19.1 Å². The number of hydrogen-bond donors (Lipinski definition) is 2. The normalized spacial score (nSPS) is 11.3. The van der Waals surface area contributed by atoms with Crippen LogP contribution < -0.4 is 16.6 Å². The maximum absolute atomic E-state index is 12.7. The standard InChI is InChI=1S/C18H21N5O4/c1-9(2)5-11-7-12(27-22-11)8-19-16(24)13-6-10(3)20-15-14(13)17(25)21-18(26)23(15)4/h6-7,9H,5,8H2,1-4H3,(H,19,24)(H,21,25,26). The van der Waals surface area contributed by atoms with Crippen molar-refractivity contribution in [2.45, 2.75) is 33.7 Å². The number of nitrogens with one attached hydrogen (secondary N) is 2. The van der Waals surface area contributed by atoms with Gasteiger partial charge in [0.15, 0.2) is 5.76 Å². The third kappa shape index (κ3) is 3.81. The van der Waals surface area contributed by atoms with Crippen molar-refractivity contribution in [3.8, 4) is 0 Å². The van der Waals surface area contributed by atoms with E-state index in [0.717, 1.165) is 12.1 Å². The number of hydrogen-bond acceptors (Lipinski definition) is 6. The predicted octanol–water partition coefficient (Wildman–Crippen LogP) is 1.05. The van der Waals surface area contributed by atoms with Crippen molar-refractivity contribution in [2.24, 2.45) is 13.0 Å². The largest absolute Gasteiger partial charge is 0.359 e. The third-order valence-electron chi connectivity index (χ3n) is 4.09. The maximum atomic E-state index is 12.7. The van der Waals surface area contributed by atoms with Crippen LogP contribution in [0.3, 0.4) is 0 Å². The summed E-state index contributed by atoms with van der Waals surface area (Å²) in [7, 11) is 1.49. The fourth-order valence-corrected chi connectivity index (χ4v) is 2.86. The van der Waals surface area contributed by atoms with Crippen LogP contribution in [0.4, 0.5) is 0 Å². The highest BCUT2D eigenvalue weighted by Gasteiger charge is 2.18. The average Bonchev–Trinajstić information content (AvgIpc) is 3.03. The molecule has 1 amide bonds. The van der Waals surface area contributed by atoms with Gasteiger partial charge in [0.05, 0.1) is 23.2 Å². The molecule has 0 aliphatic rings. The number of rotatable bonds is 5. The minimum atomic E-state index is -0.648. The van der Waals surface area contributed by atoms with Crippen molar-refractivity contribution in [1.82, 2.24) is 25.0 Å². The second-order valence-corrected chi connectivity index (χ2v) is 6.89. The first kappa shape index (κ1) is 18.6. The van der Waals surface area contributed by atoms with Crippen molar-refractivity contribution in [1.29, 1.82) is 0 Å². The Bertz CT molecular complexity index is 1120. The van der Waals surface area contributed by atoms with Gasteiger partial charge in [-0.15, -0.1) is 0 Å². The summed E-state index contributed by atoms with van der Waals surface area (Å²) in [4.78, 5) is 43.1. The highest BCUT2D eigenvalue weighted by atomic mass is 16.5. The molecule has 0 aliphatic carbocycles. The maximum Gasteiger partial charge on any atom is 0.329 e. The van der Waals surface area contributed by atoms with Crippen LogP contribution in [-0.4, -0.2) is 25.6 Å². The van der Waals surface area contributed by atoms with Crippen LogP contribution in [0.5, 0.6) is 0 Å². The summed E-state index contributed by atoms with van der Waals surface area (Å²) in [6.45, 7) is 5.99. The molecule has 0 unspecified atom stereocenters. The Kier molecular flexibility index (Phi) is 4.93. The molecule has 9 heteroatoms. The molecule has 27 heavy (non-hydrogen) atoms. The third-order valence-corrected chi connectivity index (χ3v) is 4.09. The highest BCUT2D eigenvalue weighted by molar-refractivity contribution is 6.05. The first-order valence-corrected chi connectivity index (χ1v) is 8.59. The zero-order chi connectivity index (χ0) is 19.7. The Balaban J connectivity index is 1.90. The SMILES string of the molecule is Cc1cc(C(=O)NCc2cc(CC(C)C)no2)c2c(=O)[nH]c(=O)n(C)c2n1. The van der Waals surface area contributed by atoms with E-state index in [-0.39, 0.29) is 23.1 Å². The summed E-state index contributed by atoms with van der Waals surface area (Å²) in [6, 6.07) is 3.31. The van der Waals surface area contributed by atoms with E-state index in [1.807, 2.05) is 0 Å². The molecule has 0 aromatic carbocycles. The van der Waals surface area contributed by atoms with E-state index < -0.39 is 17.2 Å². The predicted molar refractivity (Wildman–Crippen MR) is 98.6 cm³/mol. The van der Waals surface area contributed by atoms with Crippen molar-refractivity contribution in [3.05, 3.63) is 55.7 Å². The van der Waals surface area contributed by atoms with Gasteiger partial charge in [-0.25, -0.2) is 9.78 Å². The lowest BCUT2D eigenvalue weighted by Gasteiger charge is -2.09. The number of H-pyrrole nitrogens is 1. The minimum Gasteiger partial charge on any atom is -0.359 e. The molecular weight excluding hydrogens is 350 g/mol. The summed E-state index contributed by atoms with van der Waals surface area (Å²) in [5.41, 5.74) is 0.419. The zero-order valence-corrected chi connectivity index (χ0v) is 15.6. The second-order valence-electron chi connectivity index (χ2n) is 6.89. The number of nitrogens with zero attached hydrogens (tertiary/aromatic N) is 3. The lowest BCUT2D eigenvalue weighted by Crippen LogP contribution is -2.32. The van der Waals surface area contributed by atoms with E-state index >= 15 is 0 Å². The summed E-state index contributed by atoms with van der Waals surface area (Å²) in [5, 5.41) is 6.77.